The van der Waals surface area contributed by atoms with E-state index < -0.39 is 0 Å². The summed E-state index contributed by atoms with van der Waals surface area (Å²) in [5.74, 6) is 0.923. The first-order valence-electron chi connectivity index (χ1n) is 6.89. The lowest BCUT2D eigenvalue weighted by atomic mass is 10.1. The predicted molar refractivity (Wildman–Crippen MR) is 77.2 cm³/mol. The van der Waals surface area contributed by atoms with Crippen LogP contribution < -0.4 is 15.4 Å². The maximum absolute atomic E-state index is 10.7. The van der Waals surface area contributed by atoms with E-state index in [0.29, 0.717) is 6.67 Å². The van der Waals surface area contributed by atoms with Gasteiger partial charge in [0.05, 0.1) is 13.3 Å². The minimum Gasteiger partial charge on any atom is -0.494 e. The molecule has 0 fully saturated rings. The van der Waals surface area contributed by atoms with Crippen LogP contribution in [0.3, 0.4) is 0 Å². The van der Waals surface area contributed by atoms with Gasteiger partial charge in [-0.2, -0.15) is 0 Å². The minimum atomic E-state index is -0.0150. The van der Waals surface area contributed by atoms with Gasteiger partial charge >= 0.3 is 0 Å². The van der Waals surface area contributed by atoms with E-state index in [0.717, 1.165) is 38.2 Å². The number of carbonyl (C=O) groups is 1. The van der Waals surface area contributed by atoms with E-state index in [9.17, 15) is 4.79 Å². The molecule has 0 saturated carbocycles. The van der Waals surface area contributed by atoms with Gasteiger partial charge in [-0.15, -0.1) is 0 Å². The summed E-state index contributed by atoms with van der Waals surface area (Å²) >= 11 is 0. The van der Waals surface area contributed by atoms with Gasteiger partial charge in [0.1, 0.15) is 5.75 Å². The smallest absolute Gasteiger partial charge is 0.217 e. The first-order valence-corrected chi connectivity index (χ1v) is 6.89. The number of nitrogens with one attached hydrogen (secondary N) is 2. The molecule has 1 amide bonds. The Balaban J connectivity index is 2.25. The summed E-state index contributed by atoms with van der Waals surface area (Å²) < 4.78 is 5.67. The van der Waals surface area contributed by atoms with Crippen LogP contribution in [0, 0.1) is 0 Å². The lowest BCUT2D eigenvalue weighted by molar-refractivity contribution is -0.119. The van der Waals surface area contributed by atoms with Crippen molar-refractivity contribution in [3.05, 3.63) is 29.8 Å². The van der Waals surface area contributed by atoms with Crippen molar-refractivity contribution in [1.82, 2.24) is 10.6 Å². The Bertz CT molecular complexity index is 380. The molecule has 0 bridgehead atoms. The van der Waals surface area contributed by atoms with Crippen molar-refractivity contribution in [2.75, 3.05) is 19.8 Å². The quantitative estimate of drug-likeness (QED) is 0.530. The summed E-state index contributed by atoms with van der Waals surface area (Å²) in [5.41, 5.74) is 1.24. The lowest BCUT2D eigenvalue weighted by Crippen LogP contribution is -2.33. The molecule has 2 N–H and O–H groups in total. The van der Waals surface area contributed by atoms with Crippen molar-refractivity contribution in [2.24, 2.45) is 0 Å². The molecular weight excluding hydrogens is 240 g/mol. The third kappa shape index (κ3) is 7.47. The van der Waals surface area contributed by atoms with Crippen LogP contribution in [0.4, 0.5) is 0 Å². The number of ether oxygens (including phenoxy) is 1. The summed E-state index contributed by atoms with van der Waals surface area (Å²) in [5, 5.41) is 5.87. The second-order valence-corrected chi connectivity index (χ2v) is 4.51. The Morgan fingerprint density at radius 1 is 1.37 bits per heavy atom. The van der Waals surface area contributed by atoms with Crippen LogP contribution in [0.2, 0.25) is 0 Å². The number of amides is 1. The van der Waals surface area contributed by atoms with Crippen LogP contribution in [-0.4, -0.2) is 25.7 Å². The highest BCUT2D eigenvalue weighted by Crippen LogP contribution is 2.14. The summed E-state index contributed by atoms with van der Waals surface area (Å²) in [4.78, 5) is 10.7. The molecule has 1 aromatic carbocycles. The Morgan fingerprint density at radius 2 is 2.21 bits per heavy atom. The molecule has 0 aliphatic heterocycles. The van der Waals surface area contributed by atoms with Crippen LogP contribution in [-0.2, 0) is 11.2 Å². The molecule has 1 aromatic rings. The van der Waals surface area contributed by atoms with Crippen molar-refractivity contribution < 1.29 is 9.53 Å². The summed E-state index contributed by atoms with van der Waals surface area (Å²) in [6.07, 6.45) is 3.15. The topological polar surface area (TPSA) is 50.4 Å². The maximum Gasteiger partial charge on any atom is 0.217 e. The number of hydrogen-bond acceptors (Lipinski definition) is 3. The highest BCUT2D eigenvalue weighted by atomic mass is 16.5. The molecule has 19 heavy (non-hydrogen) atoms. The zero-order chi connectivity index (χ0) is 13.9. The molecule has 1 rings (SSSR count). The molecule has 0 aliphatic carbocycles. The molecule has 0 heterocycles. The molecule has 0 aliphatic rings. The lowest BCUT2D eigenvalue weighted by Gasteiger charge is -2.08. The first kappa shape index (κ1) is 15.5. The molecule has 4 nitrogen and oxygen atoms in total. The summed E-state index contributed by atoms with van der Waals surface area (Å²) in [7, 11) is 0. The molecular formula is C15H24N2O2. The zero-order valence-electron chi connectivity index (χ0n) is 11.9. The number of unbranched alkanes of at least 4 members (excludes halogenated alkanes) is 1. The highest BCUT2D eigenvalue weighted by molar-refractivity contribution is 5.72. The molecule has 0 saturated heterocycles. The third-order valence-electron chi connectivity index (χ3n) is 2.72. The van der Waals surface area contributed by atoms with E-state index >= 15 is 0 Å². The molecule has 4 heteroatoms. The van der Waals surface area contributed by atoms with Crippen molar-refractivity contribution in [1.29, 1.82) is 0 Å². The van der Waals surface area contributed by atoms with Gasteiger partial charge in [0.25, 0.3) is 0 Å². The van der Waals surface area contributed by atoms with E-state index in [-0.39, 0.29) is 5.91 Å². The van der Waals surface area contributed by atoms with Crippen LogP contribution >= 0.6 is 0 Å². The highest BCUT2D eigenvalue weighted by Gasteiger charge is 1.97. The first-order chi connectivity index (χ1) is 9.22. The SMILES string of the molecule is CCCCOc1cccc(CCNCNC(C)=O)c1. The largest absolute Gasteiger partial charge is 0.494 e. The van der Waals surface area contributed by atoms with Crippen LogP contribution in [0.1, 0.15) is 32.3 Å². The fourth-order valence-electron chi connectivity index (χ4n) is 1.63. The molecule has 0 radical (unpaired) electrons. The average Bonchev–Trinajstić information content (AvgIpc) is 2.39. The van der Waals surface area contributed by atoms with Crippen molar-refractivity contribution in [3.8, 4) is 5.75 Å². The average molecular weight is 264 g/mol. The van der Waals surface area contributed by atoms with E-state index in [1.54, 1.807) is 0 Å². The number of benzene rings is 1. The van der Waals surface area contributed by atoms with Gasteiger partial charge in [0.15, 0.2) is 0 Å². The molecule has 106 valence electrons. The second kappa shape index (κ2) is 9.39. The van der Waals surface area contributed by atoms with Gasteiger partial charge in [-0.25, -0.2) is 0 Å². The fourth-order valence-corrected chi connectivity index (χ4v) is 1.63. The second-order valence-electron chi connectivity index (χ2n) is 4.51. The Hall–Kier alpha value is -1.55. The van der Waals surface area contributed by atoms with E-state index in [2.05, 4.69) is 29.7 Å². The number of rotatable bonds is 9. The number of carbonyl (C=O) groups excluding carboxylic acids is 1. The molecule has 0 atom stereocenters. The number of hydrogen-bond donors (Lipinski definition) is 2. The van der Waals surface area contributed by atoms with E-state index in [1.807, 2.05) is 12.1 Å². The molecule has 0 unspecified atom stereocenters. The van der Waals surface area contributed by atoms with Gasteiger partial charge in [0, 0.05) is 13.5 Å². The summed E-state index contributed by atoms with van der Waals surface area (Å²) in [6, 6.07) is 8.18. The van der Waals surface area contributed by atoms with E-state index in [1.165, 1.54) is 12.5 Å². The Morgan fingerprint density at radius 3 is 2.95 bits per heavy atom. The zero-order valence-corrected chi connectivity index (χ0v) is 11.9. The normalized spacial score (nSPS) is 10.2. The van der Waals surface area contributed by atoms with Crippen molar-refractivity contribution >= 4 is 5.91 Å². The van der Waals surface area contributed by atoms with Crippen molar-refractivity contribution in [3.63, 3.8) is 0 Å². The van der Waals surface area contributed by atoms with Crippen LogP contribution in [0.5, 0.6) is 5.75 Å². The van der Waals surface area contributed by atoms with Crippen LogP contribution in [0.15, 0.2) is 24.3 Å². The van der Waals surface area contributed by atoms with E-state index in [4.69, 9.17) is 4.74 Å². The molecule has 0 spiro atoms. The molecule has 0 aromatic heterocycles. The monoisotopic (exact) mass is 264 g/mol. The van der Waals surface area contributed by atoms with Gasteiger partial charge < -0.3 is 10.1 Å². The fraction of sp³-hybridized carbons (Fsp3) is 0.533. The van der Waals surface area contributed by atoms with Crippen LogP contribution in [0.25, 0.3) is 0 Å². The minimum absolute atomic E-state index is 0.0150. The van der Waals surface area contributed by atoms with Gasteiger partial charge in [0.2, 0.25) is 5.91 Å². The van der Waals surface area contributed by atoms with Gasteiger partial charge in [-0.3, -0.25) is 10.1 Å². The standard InChI is InChI=1S/C15H24N2O2/c1-3-4-10-19-15-7-5-6-14(11-15)8-9-16-12-17-13(2)18/h5-7,11,16H,3-4,8-10,12H2,1-2H3,(H,17,18). The predicted octanol–water partition coefficient (Wildman–Crippen LogP) is 2.09. The van der Waals surface area contributed by atoms with Crippen molar-refractivity contribution in [2.45, 2.75) is 33.1 Å². The maximum atomic E-state index is 10.7. The van der Waals surface area contributed by atoms with Gasteiger partial charge in [-0.1, -0.05) is 25.5 Å². The third-order valence-corrected chi connectivity index (χ3v) is 2.72. The van der Waals surface area contributed by atoms with Gasteiger partial charge in [-0.05, 0) is 30.5 Å². The Kier molecular flexibility index (Phi) is 7.66. The Labute approximate surface area is 115 Å². The summed E-state index contributed by atoms with van der Waals surface area (Å²) in [6.45, 7) is 5.79.